The second-order valence-electron chi connectivity index (χ2n) is 5.54. The van der Waals surface area contributed by atoms with E-state index in [1.54, 1.807) is 0 Å². The zero-order valence-electron chi connectivity index (χ0n) is 12.1. The van der Waals surface area contributed by atoms with Crippen molar-refractivity contribution in [3.63, 3.8) is 0 Å². The van der Waals surface area contributed by atoms with Gasteiger partial charge in [0.2, 0.25) is 0 Å². The van der Waals surface area contributed by atoms with Crippen molar-refractivity contribution in [3.8, 4) is 5.75 Å². The summed E-state index contributed by atoms with van der Waals surface area (Å²) >= 11 is 7.79. The predicted molar refractivity (Wildman–Crippen MR) is 90.4 cm³/mol. The van der Waals surface area contributed by atoms with E-state index in [4.69, 9.17) is 16.3 Å². The average molecular weight is 319 g/mol. The number of thioether (sulfide) groups is 1. The van der Waals surface area contributed by atoms with Crippen LogP contribution in [0.2, 0.25) is 0 Å². The molecule has 0 N–H and O–H groups in total. The van der Waals surface area contributed by atoms with Crippen LogP contribution in [0, 0.1) is 5.92 Å². The molecule has 0 unspecified atom stereocenters. The van der Waals surface area contributed by atoms with Gasteiger partial charge in [-0.2, -0.15) is 0 Å². The van der Waals surface area contributed by atoms with E-state index in [1.807, 2.05) is 11.8 Å². The summed E-state index contributed by atoms with van der Waals surface area (Å²) in [5.41, 5.74) is 2.44. The second kappa shape index (κ2) is 6.76. The molecule has 0 amide bonds. The van der Waals surface area contributed by atoms with Crippen molar-refractivity contribution in [2.75, 3.05) is 5.75 Å². The Kier molecular flexibility index (Phi) is 4.77. The Hall–Kier alpha value is -1.12. The molecule has 0 spiro atoms. The van der Waals surface area contributed by atoms with E-state index in [2.05, 4.69) is 55.5 Å². The molecule has 1 aliphatic heterocycles. The maximum Gasteiger partial charge on any atom is 0.123 e. The van der Waals surface area contributed by atoms with Crippen molar-refractivity contribution in [1.82, 2.24) is 0 Å². The molecule has 0 saturated heterocycles. The zero-order valence-corrected chi connectivity index (χ0v) is 13.7. The number of fused-ring (bicyclic) bond motifs is 1. The summed E-state index contributed by atoms with van der Waals surface area (Å²) in [5, 5.41) is 0. The summed E-state index contributed by atoms with van der Waals surface area (Å²) in [4.78, 5) is 1.32. The first kappa shape index (κ1) is 14.8. The molecule has 0 fully saturated rings. The molecule has 0 bridgehead atoms. The largest absolute Gasteiger partial charge is 0.489 e. The maximum atomic E-state index is 6.13. The van der Waals surface area contributed by atoms with E-state index in [0.717, 1.165) is 23.5 Å². The highest BCUT2D eigenvalue weighted by Crippen LogP contribution is 2.34. The Labute approximate surface area is 135 Å². The van der Waals surface area contributed by atoms with Gasteiger partial charge in [-0.25, -0.2) is 0 Å². The van der Waals surface area contributed by atoms with Crippen LogP contribution in [0.15, 0.2) is 53.4 Å². The van der Waals surface area contributed by atoms with Crippen LogP contribution in [0.4, 0.5) is 0 Å². The predicted octanol–water partition coefficient (Wildman–Crippen LogP) is 5.16. The van der Waals surface area contributed by atoms with Gasteiger partial charge < -0.3 is 4.74 Å². The fraction of sp³-hybridized carbons (Fsp3) is 0.333. The van der Waals surface area contributed by atoms with Crippen molar-refractivity contribution in [3.05, 3.63) is 59.7 Å². The van der Waals surface area contributed by atoms with Crippen LogP contribution in [-0.2, 0) is 12.3 Å². The lowest BCUT2D eigenvalue weighted by atomic mass is 10.0. The van der Waals surface area contributed by atoms with Crippen LogP contribution in [-0.4, -0.2) is 11.9 Å². The van der Waals surface area contributed by atoms with Crippen LogP contribution >= 0.6 is 23.4 Å². The van der Waals surface area contributed by atoms with Gasteiger partial charge in [-0.05, 0) is 29.3 Å². The highest BCUT2D eigenvalue weighted by molar-refractivity contribution is 7.99. The highest BCUT2D eigenvalue weighted by Gasteiger charge is 2.27. The summed E-state index contributed by atoms with van der Waals surface area (Å²) in [6.45, 7) is 2.27. The summed E-state index contributed by atoms with van der Waals surface area (Å²) < 4.78 is 6.13. The van der Waals surface area contributed by atoms with Crippen molar-refractivity contribution >= 4 is 23.4 Å². The summed E-state index contributed by atoms with van der Waals surface area (Å²) in [5.74, 6) is 3.16. The Morgan fingerprint density at radius 3 is 2.81 bits per heavy atom. The Balaban J connectivity index is 1.59. The van der Waals surface area contributed by atoms with Crippen LogP contribution < -0.4 is 4.74 Å². The number of alkyl halides is 1. The minimum Gasteiger partial charge on any atom is -0.489 e. The lowest BCUT2D eigenvalue weighted by Crippen LogP contribution is -2.24. The van der Waals surface area contributed by atoms with E-state index in [-0.39, 0.29) is 6.10 Å². The molecule has 2 aromatic carbocycles. The molecular weight excluding hydrogens is 300 g/mol. The molecule has 0 aliphatic carbocycles. The minimum atomic E-state index is 0.279. The SMILES string of the molecule is C[C@H](CSc1ccccc1)[C@H]1Cc2ccc(CCl)cc2O1. The second-order valence-corrected chi connectivity index (χ2v) is 6.90. The van der Waals surface area contributed by atoms with Gasteiger partial charge >= 0.3 is 0 Å². The quantitative estimate of drug-likeness (QED) is 0.556. The third-order valence-corrected chi connectivity index (χ3v) is 5.48. The average Bonchev–Trinajstić information content (AvgIpc) is 2.96. The Morgan fingerprint density at radius 2 is 2.05 bits per heavy atom. The number of rotatable bonds is 5. The normalized spacial score (nSPS) is 18.1. The van der Waals surface area contributed by atoms with Gasteiger partial charge in [0.1, 0.15) is 11.9 Å². The molecule has 2 atom stereocenters. The first-order valence-corrected chi connectivity index (χ1v) is 8.80. The number of hydrogen-bond donors (Lipinski definition) is 0. The molecule has 2 aromatic rings. The molecular formula is C18H19ClOS. The third kappa shape index (κ3) is 3.56. The van der Waals surface area contributed by atoms with Crippen molar-refractivity contribution in [1.29, 1.82) is 0 Å². The first-order valence-electron chi connectivity index (χ1n) is 7.28. The highest BCUT2D eigenvalue weighted by atomic mass is 35.5. The molecule has 0 radical (unpaired) electrons. The lowest BCUT2D eigenvalue weighted by molar-refractivity contribution is 0.181. The molecule has 1 heterocycles. The third-order valence-electron chi connectivity index (χ3n) is 3.88. The van der Waals surface area contributed by atoms with E-state index < -0.39 is 0 Å². The fourth-order valence-electron chi connectivity index (χ4n) is 2.55. The standard InChI is InChI=1S/C18H19ClOS/c1-13(12-21-16-5-3-2-4-6-16)17-10-15-8-7-14(11-19)9-18(15)20-17/h2-9,13,17H,10-12H2,1H3/t13-,17-/m1/s1. The molecule has 110 valence electrons. The summed E-state index contributed by atoms with van der Waals surface area (Å²) in [6.07, 6.45) is 1.29. The maximum absolute atomic E-state index is 6.13. The van der Waals surface area contributed by atoms with Gasteiger partial charge in [0.05, 0.1) is 0 Å². The van der Waals surface area contributed by atoms with Gasteiger partial charge in [-0.1, -0.05) is 37.3 Å². The van der Waals surface area contributed by atoms with Gasteiger partial charge in [-0.15, -0.1) is 23.4 Å². The smallest absolute Gasteiger partial charge is 0.123 e. The number of benzene rings is 2. The van der Waals surface area contributed by atoms with Crippen molar-refractivity contribution in [2.24, 2.45) is 5.92 Å². The van der Waals surface area contributed by atoms with Gasteiger partial charge in [-0.3, -0.25) is 0 Å². The molecule has 1 nitrogen and oxygen atoms in total. The zero-order chi connectivity index (χ0) is 14.7. The van der Waals surface area contributed by atoms with Crippen LogP contribution in [0.3, 0.4) is 0 Å². The van der Waals surface area contributed by atoms with Crippen LogP contribution in [0.25, 0.3) is 0 Å². The van der Waals surface area contributed by atoms with E-state index in [1.165, 1.54) is 10.5 Å². The lowest BCUT2D eigenvalue weighted by Gasteiger charge is -2.18. The Morgan fingerprint density at radius 1 is 1.24 bits per heavy atom. The summed E-state index contributed by atoms with van der Waals surface area (Å²) in [7, 11) is 0. The topological polar surface area (TPSA) is 9.23 Å². The molecule has 3 heteroatoms. The van der Waals surface area contributed by atoms with E-state index >= 15 is 0 Å². The molecule has 0 aromatic heterocycles. The number of ether oxygens (including phenoxy) is 1. The summed E-state index contributed by atoms with van der Waals surface area (Å²) in [6, 6.07) is 16.9. The van der Waals surface area contributed by atoms with E-state index in [9.17, 15) is 0 Å². The van der Waals surface area contributed by atoms with Crippen molar-refractivity contribution in [2.45, 2.75) is 30.2 Å². The van der Waals surface area contributed by atoms with Gasteiger partial charge in [0.25, 0.3) is 0 Å². The number of halogens is 1. The van der Waals surface area contributed by atoms with E-state index in [0.29, 0.717) is 11.8 Å². The minimum absolute atomic E-state index is 0.279. The van der Waals surface area contributed by atoms with Crippen LogP contribution in [0.1, 0.15) is 18.1 Å². The fourth-order valence-corrected chi connectivity index (χ4v) is 3.74. The Bertz CT molecular complexity index is 599. The molecule has 21 heavy (non-hydrogen) atoms. The monoisotopic (exact) mass is 318 g/mol. The van der Waals surface area contributed by atoms with Crippen molar-refractivity contribution < 1.29 is 4.74 Å². The number of hydrogen-bond acceptors (Lipinski definition) is 2. The van der Waals surface area contributed by atoms with Gasteiger partial charge in [0, 0.05) is 28.9 Å². The van der Waals surface area contributed by atoms with Crippen LogP contribution in [0.5, 0.6) is 5.75 Å². The molecule has 3 rings (SSSR count). The molecule has 0 saturated carbocycles. The first-order chi connectivity index (χ1) is 10.3. The van der Waals surface area contributed by atoms with Gasteiger partial charge in [0.15, 0.2) is 0 Å². The molecule has 1 aliphatic rings.